The predicted octanol–water partition coefficient (Wildman–Crippen LogP) is 2.92. The molecule has 0 heterocycles. The molecule has 0 atom stereocenters. The summed E-state index contributed by atoms with van der Waals surface area (Å²) in [6, 6.07) is 14.4. The first-order valence-corrected chi connectivity index (χ1v) is 6.10. The number of nitrogen functional groups attached to an aromatic ring is 1. The summed E-state index contributed by atoms with van der Waals surface area (Å²) >= 11 is 0. The van der Waals surface area contributed by atoms with E-state index in [1.165, 1.54) is 0 Å². The van der Waals surface area contributed by atoms with Crippen LogP contribution in [-0.4, -0.2) is 12.5 Å². The van der Waals surface area contributed by atoms with Gasteiger partial charge in [0.15, 0.2) is 5.75 Å². The van der Waals surface area contributed by atoms with Gasteiger partial charge in [0, 0.05) is 5.69 Å². The van der Waals surface area contributed by atoms with E-state index in [2.05, 4.69) is 5.32 Å². The molecule has 0 saturated heterocycles. The number of nitrogens with one attached hydrogen (secondary N) is 1. The van der Waals surface area contributed by atoms with Crippen LogP contribution in [0.15, 0.2) is 48.5 Å². The molecule has 0 unspecified atom stereocenters. The maximum absolute atomic E-state index is 12.2. The van der Waals surface area contributed by atoms with E-state index in [9.17, 15) is 4.79 Å². The molecule has 0 aliphatic rings. The first-order chi connectivity index (χ1) is 9.22. The number of para-hydroxylation sites is 2. The van der Waals surface area contributed by atoms with Crippen LogP contribution >= 0.6 is 0 Å². The number of amides is 1. The summed E-state index contributed by atoms with van der Waals surface area (Å²) in [7, 11) is 0. The molecular formula is C15H16N2O2. The molecule has 1 amide bonds. The molecule has 0 fully saturated rings. The van der Waals surface area contributed by atoms with Gasteiger partial charge in [-0.3, -0.25) is 4.79 Å². The summed E-state index contributed by atoms with van der Waals surface area (Å²) in [6.07, 6.45) is 0. The Hall–Kier alpha value is -2.49. The maximum Gasteiger partial charge on any atom is 0.259 e. The molecule has 3 N–H and O–H groups in total. The van der Waals surface area contributed by atoms with Crippen molar-refractivity contribution in [2.24, 2.45) is 0 Å². The van der Waals surface area contributed by atoms with Crippen LogP contribution in [0.1, 0.15) is 17.3 Å². The molecular weight excluding hydrogens is 240 g/mol. The van der Waals surface area contributed by atoms with Crippen molar-refractivity contribution in [3.05, 3.63) is 54.1 Å². The van der Waals surface area contributed by atoms with Crippen LogP contribution < -0.4 is 15.8 Å². The molecule has 98 valence electrons. The lowest BCUT2D eigenvalue weighted by molar-refractivity contribution is 0.102. The zero-order valence-electron chi connectivity index (χ0n) is 10.7. The van der Waals surface area contributed by atoms with Gasteiger partial charge in [-0.05, 0) is 31.2 Å². The van der Waals surface area contributed by atoms with Gasteiger partial charge < -0.3 is 15.8 Å². The van der Waals surface area contributed by atoms with E-state index in [4.69, 9.17) is 10.5 Å². The van der Waals surface area contributed by atoms with Crippen molar-refractivity contribution in [3.63, 3.8) is 0 Å². The smallest absolute Gasteiger partial charge is 0.259 e. The number of ether oxygens (including phenoxy) is 1. The summed E-state index contributed by atoms with van der Waals surface area (Å²) in [5.41, 5.74) is 7.46. The third kappa shape index (κ3) is 3.04. The van der Waals surface area contributed by atoms with Gasteiger partial charge >= 0.3 is 0 Å². The molecule has 0 aromatic heterocycles. The van der Waals surface area contributed by atoms with Gasteiger partial charge in [-0.1, -0.05) is 24.3 Å². The van der Waals surface area contributed by atoms with Crippen molar-refractivity contribution >= 4 is 17.3 Å². The van der Waals surface area contributed by atoms with E-state index < -0.39 is 0 Å². The Morgan fingerprint density at radius 3 is 2.58 bits per heavy atom. The first kappa shape index (κ1) is 13.0. The van der Waals surface area contributed by atoms with E-state index in [1.807, 2.05) is 37.3 Å². The molecule has 2 aromatic rings. The van der Waals surface area contributed by atoms with Crippen molar-refractivity contribution < 1.29 is 9.53 Å². The number of carbonyl (C=O) groups excluding carboxylic acids is 1. The van der Waals surface area contributed by atoms with Gasteiger partial charge in [-0.15, -0.1) is 0 Å². The summed E-state index contributed by atoms with van der Waals surface area (Å²) in [5.74, 6) is 0.195. The molecule has 0 saturated carbocycles. The Balaban J connectivity index is 2.26. The Bertz CT molecular complexity index is 568. The van der Waals surface area contributed by atoms with Crippen LogP contribution in [0.5, 0.6) is 5.75 Å². The molecule has 19 heavy (non-hydrogen) atoms. The molecule has 2 aromatic carbocycles. The van der Waals surface area contributed by atoms with Crippen molar-refractivity contribution in [1.82, 2.24) is 0 Å². The minimum atomic E-state index is -0.234. The number of nitrogens with two attached hydrogens (primary N) is 1. The number of hydrogen-bond donors (Lipinski definition) is 2. The average molecular weight is 256 g/mol. The number of hydrogen-bond acceptors (Lipinski definition) is 3. The van der Waals surface area contributed by atoms with Crippen molar-refractivity contribution in [2.75, 3.05) is 17.7 Å². The lowest BCUT2D eigenvalue weighted by atomic mass is 10.1. The highest BCUT2D eigenvalue weighted by Crippen LogP contribution is 2.27. The molecule has 0 aliphatic carbocycles. The monoisotopic (exact) mass is 256 g/mol. The van der Waals surface area contributed by atoms with Gasteiger partial charge in [-0.2, -0.15) is 0 Å². The van der Waals surface area contributed by atoms with Gasteiger partial charge in [0.05, 0.1) is 17.9 Å². The lowest BCUT2D eigenvalue weighted by Crippen LogP contribution is -2.14. The highest BCUT2D eigenvalue weighted by Gasteiger charge is 2.14. The fourth-order valence-electron chi connectivity index (χ4n) is 1.76. The van der Waals surface area contributed by atoms with E-state index in [-0.39, 0.29) is 5.91 Å². The van der Waals surface area contributed by atoms with Gasteiger partial charge in [0.2, 0.25) is 0 Å². The van der Waals surface area contributed by atoms with E-state index in [0.29, 0.717) is 23.6 Å². The Labute approximate surface area is 112 Å². The summed E-state index contributed by atoms with van der Waals surface area (Å²) < 4.78 is 5.44. The summed E-state index contributed by atoms with van der Waals surface area (Å²) in [6.45, 7) is 2.31. The minimum absolute atomic E-state index is 0.234. The molecule has 0 radical (unpaired) electrons. The third-order valence-corrected chi connectivity index (χ3v) is 2.61. The molecule has 0 aliphatic heterocycles. The fourth-order valence-corrected chi connectivity index (χ4v) is 1.76. The summed E-state index contributed by atoms with van der Waals surface area (Å²) in [4.78, 5) is 12.2. The maximum atomic E-state index is 12.2. The Morgan fingerprint density at radius 2 is 1.89 bits per heavy atom. The van der Waals surface area contributed by atoms with Crippen LogP contribution in [-0.2, 0) is 0 Å². The number of rotatable bonds is 4. The molecule has 0 spiro atoms. The summed E-state index contributed by atoms with van der Waals surface area (Å²) in [5, 5.41) is 2.81. The number of carbonyl (C=O) groups is 1. The molecule has 0 bridgehead atoms. The van der Waals surface area contributed by atoms with Crippen molar-refractivity contribution in [1.29, 1.82) is 0 Å². The van der Waals surface area contributed by atoms with E-state index in [1.54, 1.807) is 18.2 Å². The zero-order valence-corrected chi connectivity index (χ0v) is 10.7. The standard InChI is InChI=1S/C15H16N2O2/c1-2-19-14-12(9-6-10-13(14)16)15(18)17-11-7-4-3-5-8-11/h3-10H,2,16H2,1H3,(H,17,18). The van der Waals surface area contributed by atoms with Crippen molar-refractivity contribution in [2.45, 2.75) is 6.92 Å². The Morgan fingerprint density at radius 1 is 1.16 bits per heavy atom. The average Bonchev–Trinajstić information content (AvgIpc) is 2.42. The van der Waals surface area contributed by atoms with Crippen LogP contribution in [0, 0.1) is 0 Å². The van der Waals surface area contributed by atoms with Crippen LogP contribution in [0.25, 0.3) is 0 Å². The van der Waals surface area contributed by atoms with Gasteiger partial charge in [-0.25, -0.2) is 0 Å². The number of anilines is 2. The topological polar surface area (TPSA) is 64.3 Å². The fraction of sp³-hybridized carbons (Fsp3) is 0.133. The van der Waals surface area contributed by atoms with Gasteiger partial charge in [0.1, 0.15) is 0 Å². The zero-order chi connectivity index (χ0) is 13.7. The SMILES string of the molecule is CCOc1c(N)cccc1C(=O)Nc1ccccc1. The first-order valence-electron chi connectivity index (χ1n) is 6.10. The largest absolute Gasteiger partial charge is 0.491 e. The van der Waals surface area contributed by atoms with Crippen molar-refractivity contribution in [3.8, 4) is 5.75 Å². The second-order valence-electron chi connectivity index (χ2n) is 3.98. The van der Waals surface area contributed by atoms with Crippen LogP contribution in [0.4, 0.5) is 11.4 Å². The van der Waals surface area contributed by atoms with E-state index in [0.717, 1.165) is 5.69 Å². The molecule has 4 heteroatoms. The van der Waals surface area contributed by atoms with E-state index >= 15 is 0 Å². The second-order valence-corrected chi connectivity index (χ2v) is 3.98. The third-order valence-electron chi connectivity index (χ3n) is 2.61. The minimum Gasteiger partial charge on any atom is -0.491 e. The van der Waals surface area contributed by atoms with Crippen LogP contribution in [0.3, 0.4) is 0 Å². The quantitative estimate of drug-likeness (QED) is 0.827. The highest BCUT2D eigenvalue weighted by molar-refractivity contribution is 6.07. The van der Waals surface area contributed by atoms with Gasteiger partial charge in [0.25, 0.3) is 5.91 Å². The lowest BCUT2D eigenvalue weighted by Gasteiger charge is -2.12. The second kappa shape index (κ2) is 5.91. The molecule has 4 nitrogen and oxygen atoms in total. The Kier molecular flexibility index (Phi) is 4.03. The predicted molar refractivity (Wildman–Crippen MR) is 76.4 cm³/mol. The molecule has 2 rings (SSSR count). The number of benzene rings is 2. The van der Waals surface area contributed by atoms with Crippen LogP contribution in [0.2, 0.25) is 0 Å². The highest BCUT2D eigenvalue weighted by atomic mass is 16.5. The normalized spacial score (nSPS) is 9.95.